The molecule has 0 bridgehead atoms. The van der Waals surface area contributed by atoms with Gasteiger partial charge in [0.05, 0.1) is 7.14 Å². The number of hydrogen-bond donors (Lipinski definition) is 3. The molecule has 9 heteroatoms. The van der Waals surface area contributed by atoms with Crippen molar-refractivity contribution in [2.75, 3.05) is 5.32 Å². The second kappa shape index (κ2) is 10.7. The Balaban J connectivity index is 2.27. The topological polar surface area (TPSA) is 87.7 Å². The molecular weight excluding hydrogens is 725 g/mol. The fourth-order valence-corrected chi connectivity index (χ4v) is 5.16. The molecule has 30 heavy (non-hydrogen) atoms. The van der Waals surface area contributed by atoms with Gasteiger partial charge in [-0.05, 0) is 137 Å². The van der Waals surface area contributed by atoms with Gasteiger partial charge in [0.2, 0.25) is 5.91 Å². The molecule has 1 atom stereocenters. The molecule has 162 valence electrons. The van der Waals surface area contributed by atoms with Crippen LogP contribution in [0.1, 0.15) is 31.9 Å². The van der Waals surface area contributed by atoms with Gasteiger partial charge in [-0.3, -0.25) is 4.79 Å². The predicted octanol–water partition coefficient (Wildman–Crippen LogP) is 5.59. The van der Waals surface area contributed by atoms with Crippen molar-refractivity contribution in [3.8, 4) is 5.75 Å². The Hall–Kier alpha value is -0.830. The number of alkyl carbamates (subject to hydrolysis) is 1. The number of amides is 2. The lowest BCUT2D eigenvalue weighted by Gasteiger charge is -2.24. The molecule has 3 N–H and O–H groups in total. The highest BCUT2D eigenvalue weighted by atomic mass is 127. The Kier molecular flexibility index (Phi) is 9.04. The van der Waals surface area contributed by atoms with Crippen LogP contribution in [0.5, 0.6) is 5.75 Å². The third-order valence-corrected chi connectivity index (χ3v) is 6.29. The molecular formula is C21H23I3N2O4. The molecule has 0 aliphatic carbocycles. The first kappa shape index (κ1) is 25.4. The molecule has 2 aromatic rings. The van der Waals surface area contributed by atoms with Crippen LogP contribution < -0.4 is 10.6 Å². The average molecular weight is 748 g/mol. The molecule has 0 spiro atoms. The van der Waals surface area contributed by atoms with E-state index in [-0.39, 0.29) is 18.1 Å². The molecule has 0 unspecified atom stereocenters. The van der Waals surface area contributed by atoms with Crippen LogP contribution in [0.3, 0.4) is 0 Å². The summed E-state index contributed by atoms with van der Waals surface area (Å²) in [4.78, 5) is 25.4. The fraction of sp³-hybridized carbons (Fsp3) is 0.333. The summed E-state index contributed by atoms with van der Waals surface area (Å²) in [6.45, 7) is 7.21. The number of ether oxygens (including phenoxy) is 1. The van der Waals surface area contributed by atoms with Crippen molar-refractivity contribution in [2.24, 2.45) is 0 Å². The highest BCUT2D eigenvalue weighted by molar-refractivity contribution is 14.1. The summed E-state index contributed by atoms with van der Waals surface area (Å²) in [6, 6.07) is 8.46. The van der Waals surface area contributed by atoms with E-state index >= 15 is 0 Å². The predicted molar refractivity (Wildman–Crippen MR) is 143 cm³/mol. The lowest BCUT2D eigenvalue weighted by molar-refractivity contribution is -0.118. The Morgan fingerprint density at radius 1 is 1.10 bits per heavy atom. The molecule has 0 aliphatic rings. The number of benzene rings is 2. The van der Waals surface area contributed by atoms with Gasteiger partial charge in [-0.2, -0.15) is 0 Å². The lowest BCUT2D eigenvalue weighted by atomic mass is 10.0. The van der Waals surface area contributed by atoms with Gasteiger partial charge in [0, 0.05) is 15.7 Å². The summed E-state index contributed by atoms with van der Waals surface area (Å²) in [6.07, 6.45) is -0.411. The smallest absolute Gasteiger partial charge is 0.408 e. The normalized spacial score (nSPS) is 12.2. The van der Waals surface area contributed by atoms with Crippen molar-refractivity contribution in [2.45, 2.75) is 45.8 Å². The Labute approximate surface area is 217 Å². The molecule has 0 saturated heterocycles. The van der Waals surface area contributed by atoms with Crippen molar-refractivity contribution >= 4 is 85.5 Å². The van der Waals surface area contributed by atoms with Crippen molar-refractivity contribution in [1.29, 1.82) is 0 Å². The molecule has 0 aromatic heterocycles. The maximum Gasteiger partial charge on any atom is 0.408 e. The largest absolute Gasteiger partial charge is 0.506 e. The van der Waals surface area contributed by atoms with Crippen LogP contribution in [-0.2, 0) is 16.0 Å². The van der Waals surface area contributed by atoms with Gasteiger partial charge in [-0.1, -0.05) is 0 Å². The molecule has 2 amide bonds. The number of rotatable bonds is 5. The number of carbonyl (C=O) groups excluding carboxylic acids is 2. The summed E-state index contributed by atoms with van der Waals surface area (Å²) in [5.41, 5.74) is 1.75. The highest BCUT2D eigenvalue weighted by Gasteiger charge is 2.25. The zero-order valence-corrected chi connectivity index (χ0v) is 23.4. The van der Waals surface area contributed by atoms with E-state index in [0.717, 1.165) is 14.7 Å². The molecule has 0 fully saturated rings. The highest BCUT2D eigenvalue weighted by Crippen LogP contribution is 2.28. The van der Waals surface area contributed by atoms with Crippen LogP contribution in [0.15, 0.2) is 30.3 Å². The molecule has 0 aliphatic heterocycles. The Bertz CT molecular complexity index is 935. The van der Waals surface area contributed by atoms with Crippen LogP contribution in [-0.4, -0.2) is 28.7 Å². The van der Waals surface area contributed by atoms with Gasteiger partial charge in [0.1, 0.15) is 17.4 Å². The van der Waals surface area contributed by atoms with E-state index in [0.29, 0.717) is 12.8 Å². The number of halogens is 3. The molecule has 0 radical (unpaired) electrons. The van der Waals surface area contributed by atoms with Crippen LogP contribution in [0.2, 0.25) is 0 Å². The molecule has 2 aromatic carbocycles. The first-order valence-electron chi connectivity index (χ1n) is 9.09. The number of aromatic hydroxyl groups is 1. The second-order valence-electron chi connectivity index (χ2n) is 7.76. The molecule has 2 rings (SSSR count). The SMILES string of the molecule is Cc1cc(I)ccc1NC(=O)[C@H](Cc1cc(I)c(O)c(I)c1)NC(=O)OC(C)(C)C. The summed E-state index contributed by atoms with van der Waals surface area (Å²) < 4.78 is 7.77. The van der Waals surface area contributed by atoms with Gasteiger partial charge in [0.25, 0.3) is 0 Å². The van der Waals surface area contributed by atoms with Gasteiger partial charge < -0.3 is 20.5 Å². The Morgan fingerprint density at radius 2 is 1.70 bits per heavy atom. The standard InChI is InChI=1S/C21H23I3N2O4/c1-11-7-13(22)5-6-16(11)25-19(28)17(26-20(29)30-21(2,3)4)10-12-8-14(23)18(27)15(24)9-12/h5-9,17,27H,10H2,1-4H3,(H,25,28)(H,26,29)/t17-/m0/s1. The van der Waals surface area contributed by atoms with Crippen LogP contribution >= 0.6 is 67.8 Å². The van der Waals surface area contributed by atoms with Crippen LogP contribution in [0.4, 0.5) is 10.5 Å². The summed E-state index contributed by atoms with van der Waals surface area (Å²) in [7, 11) is 0. The third-order valence-electron chi connectivity index (χ3n) is 3.97. The van der Waals surface area contributed by atoms with E-state index in [1.807, 2.05) is 70.3 Å². The first-order valence-corrected chi connectivity index (χ1v) is 12.3. The van der Waals surface area contributed by atoms with Crippen molar-refractivity contribution in [1.82, 2.24) is 5.32 Å². The zero-order valence-electron chi connectivity index (χ0n) is 17.0. The molecule has 0 heterocycles. The van der Waals surface area contributed by atoms with Gasteiger partial charge in [-0.15, -0.1) is 0 Å². The van der Waals surface area contributed by atoms with E-state index < -0.39 is 17.7 Å². The zero-order chi connectivity index (χ0) is 22.6. The number of phenols is 1. The molecule has 0 saturated carbocycles. The van der Waals surface area contributed by atoms with E-state index in [4.69, 9.17) is 4.74 Å². The number of phenolic OH excluding ortho intramolecular Hbond substituents is 1. The quantitative estimate of drug-likeness (QED) is 0.349. The number of aryl methyl sites for hydroxylation is 1. The maximum absolute atomic E-state index is 13.1. The van der Waals surface area contributed by atoms with Crippen molar-refractivity contribution < 1.29 is 19.4 Å². The van der Waals surface area contributed by atoms with Crippen molar-refractivity contribution in [3.63, 3.8) is 0 Å². The number of nitrogens with one attached hydrogen (secondary N) is 2. The van der Waals surface area contributed by atoms with E-state index in [1.165, 1.54) is 0 Å². The van der Waals surface area contributed by atoms with E-state index in [1.54, 1.807) is 32.9 Å². The lowest BCUT2D eigenvalue weighted by Crippen LogP contribution is -2.47. The average Bonchev–Trinajstić information content (AvgIpc) is 2.59. The van der Waals surface area contributed by atoms with E-state index in [2.05, 4.69) is 33.2 Å². The monoisotopic (exact) mass is 748 g/mol. The Morgan fingerprint density at radius 3 is 2.23 bits per heavy atom. The minimum atomic E-state index is -0.852. The fourth-order valence-electron chi connectivity index (χ4n) is 2.62. The number of carbonyl (C=O) groups is 2. The minimum Gasteiger partial charge on any atom is -0.506 e. The van der Waals surface area contributed by atoms with Gasteiger partial charge >= 0.3 is 6.09 Å². The van der Waals surface area contributed by atoms with Gasteiger partial charge in [0.15, 0.2) is 0 Å². The van der Waals surface area contributed by atoms with Crippen LogP contribution in [0, 0.1) is 17.6 Å². The third kappa shape index (κ3) is 7.70. The summed E-state index contributed by atoms with van der Waals surface area (Å²) >= 11 is 6.29. The van der Waals surface area contributed by atoms with E-state index in [9.17, 15) is 14.7 Å². The minimum absolute atomic E-state index is 0.204. The van der Waals surface area contributed by atoms with Crippen molar-refractivity contribution in [3.05, 3.63) is 52.2 Å². The summed E-state index contributed by atoms with van der Waals surface area (Å²) in [5.74, 6) is -0.140. The number of hydrogen-bond acceptors (Lipinski definition) is 4. The van der Waals surface area contributed by atoms with Crippen LogP contribution in [0.25, 0.3) is 0 Å². The second-order valence-corrected chi connectivity index (χ2v) is 11.3. The molecule has 6 nitrogen and oxygen atoms in total. The maximum atomic E-state index is 13.1. The van der Waals surface area contributed by atoms with Gasteiger partial charge in [-0.25, -0.2) is 4.79 Å². The summed E-state index contributed by atoms with van der Waals surface area (Å²) in [5, 5.41) is 15.6. The first-order chi connectivity index (χ1) is 13.9. The number of anilines is 1.